The molecule has 0 aromatic carbocycles. The van der Waals surface area contributed by atoms with E-state index in [0.29, 0.717) is 0 Å². The molecule has 0 spiro atoms. The first-order chi connectivity index (χ1) is 7.96. The number of rotatable bonds is 4. The van der Waals surface area contributed by atoms with E-state index in [2.05, 4.69) is 10.2 Å². The van der Waals surface area contributed by atoms with Crippen LogP contribution in [0.4, 0.5) is 0 Å². The van der Waals surface area contributed by atoms with Crippen LogP contribution in [0.3, 0.4) is 0 Å². The van der Waals surface area contributed by atoms with Crippen molar-refractivity contribution in [3.63, 3.8) is 0 Å². The molecule has 1 aromatic rings. The normalized spacial score (nSPS) is 15.0. The molecule has 1 unspecified atom stereocenters. The highest BCUT2D eigenvalue weighted by molar-refractivity contribution is 7.90. The molecule has 104 valence electrons. The summed E-state index contributed by atoms with van der Waals surface area (Å²) in [4.78, 5) is 0. The first-order valence-electron chi connectivity index (χ1n) is 5.12. The van der Waals surface area contributed by atoms with E-state index in [1.807, 2.05) is 0 Å². The van der Waals surface area contributed by atoms with Crippen molar-refractivity contribution in [1.29, 1.82) is 0 Å². The van der Waals surface area contributed by atoms with Gasteiger partial charge in [0.2, 0.25) is 0 Å². The Kier molecular flexibility index (Phi) is 3.84. The number of sulfone groups is 1. The minimum absolute atomic E-state index is 0.0662. The van der Waals surface area contributed by atoms with E-state index in [-0.39, 0.29) is 11.9 Å². The summed E-state index contributed by atoms with van der Waals surface area (Å²) in [6.07, 6.45) is 1.05. The predicted molar refractivity (Wildman–Crippen MR) is 65.0 cm³/mol. The molecule has 1 heterocycles. The van der Waals surface area contributed by atoms with Crippen LogP contribution in [-0.2, 0) is 19.9 Å². The summed E-state index contributed by atoms with van der Waals surface area (Å²) in [6.45, 7) is 4.80. The van der Waals surface area contributed by atoms with Gasteiger partial charge in [0.1, 0.15) is 5.25 Å². The Morgan fingerprint density at radius 1 is 1.11 bits per heavy atom. The summed E-state index contributed by atoms with van der Waals surface area (Å²) in [7, 11) is -7.45. The Bertz CT molecular complexity index is 645. The van der Waals surface area contributed by atoms with Gasteiger partial charge in [-0.1, -0.05) is 0 Å². The maximum Gasteiger partial charge on any atom is 0.273 e. The van der Waals surface area contributed by atoms with Gasteiger partial charge in [-0.15, -0.1) is 10.2 Å². The Morgan fingerprint density at radius 2 is 1.61 bits per heavy atom. The van der Waals surface area contributed by atoms with E-state index < -0.39 is 30.3 Å². The second-order valence-electron chi connectivity index (χ2n) is 4.32. The molecule has 0 aliphatic rings. The van der Waals surface area contributed by atoms with E-state index in [4.69, 9.17) is 5.14 Å². The van der Waals surface area contributed by atoms with Crippen molar-refractivity contribution in [3.05, 3.63) is 5.82 Å². The molecule has 0 fully saturated rings. The average molecular weight is 296 g/mol. The lowest BCUT2D eigenvalue weighted by atomic mass is 10.3. The molecule has 8 nitrogen and oxygen atoms in total. The van der Waals surface area contributed by atoms with Crippen LogP contribution in [0.5, 0.6) is 0 Å². The van der Waals surface area contributed by atoms with E-state index >= 15 is 0 Å². The Hall–Kier alpha value is -1.00. The smallest absolute Gasteiger partial charge is 0.273 e. The van der Waals surface area contributed by atoms with Gasteiger partial charge in [0.15, 0.2) is 15.7 Å². The molecule has 0 radical (unpaired) electrons. The molecule has 1 atom stereocenters. The number of sulfonamides is 1. The highest BCUT2D eigenvalue weighted by Crippen LogP contribution is 2.24. The lowest BCUT2D eigenvalue weighted by molar-refractivity contribution is 0.500. The summed E-state index contributed by atoms with van der Waals surface area (Å²) in [5.74, 6) is 0.0662. The van der Waals surface area contributed by atoms with Crippen LogP contribution in [0.2, 0.25) is 0 Å². The third-order valence-electron chi connectivity index (χ3n) is 2.47. The van der Waals surface area contributed by atoms with Gasteiger partial charge in [-0.2, -0.15) is 0 Å². The van der Waals surface area contributed by atoms with E-state index in [9.17, 15) is 16.8 Å². The molecular weight excluding hydrogens is 280 g/mol. The van der Waals surface area contributed by atoms with Gasteiger partial charge in [0.05, 0.1) is 0 Å². The number of nitrogens with two attached hydrogens (primary N) is 1. The van der Waals surface area contributed by atoms with Crippen LogP contribution in [0.1, 0.15) is 37.9 Å². The molecule has 1 rings (SSSR count). The topological polar surface area (TPSA) is 125 Å². The van der Waals surface area contributed by atoms with Gasteiger partial charge in [-0.05, 0) is 20.8 Å². The maximum absolute atomic E-state index is 11.5. The van der Waals surface area contributed by atoms with Gasteiger partial charge in [-0.25, -0.2) is 22.0 Å². The minimum atomic E-state index is -4.04. The van der Waals surface area contributed by atoms with Gasteiger partial charge in [0.25, 0.3) is 15.2 Å². The minimum Gasteiger partial charge on any atom is -0.297 e. The standard InChI is InChI=1S/C8H16N4O4S2/c1-5(2)12-7(6(3)17(4,13)14)10-11-8(12)18(9,15)16/h5-6H,1-4H3,(H2,9,15,16). The first-order valence-corrected chi connectivity index (χ1v) is 8.62. The van der Waals surface area contributed by atoms with Crippen molar-refractivity contribution in [2.45, 2.75) is 37.2 Å². The molecular formula is C8H16N4O4S2. The van der Waals surface area contributed by atoms with E-state index in [1.54, 1.807) is 13.8 Å². The number of primary sulfonamides is 1. The Morgan fingerprint density at radius 3 is 1.94 bits per heavy atom. The average Bonchev–Trinajstić information content (AvgIpc) is 2.57. The van der Waals surface area contributed by atoms with Crippen molar-refractivity contribution in [2.75, 3.05) is 6.26 Å². The fourth-order valence-electron chi connectivity index (χ4n) is 1.44. The molecule has 0 amide bonds. The van der Waals surface area contributed by atoms with Crippen LogP contribution < -0.4 is 5.14 Å². The van der Waals surface area contributed by atoms with Crippen molar-refractivity contribution in [2.24, 2.45) is 5.14 Å². The second kappa shape index (κ2) is 4.59. The molecule has 0 aliphatic heterocycles. The summed E-state index contributed by atoms with van der Waals surface area (Å²) < 4.78 is 46.9. The summed E-state index contributed by atoms with van der Waals surface area (Å²) in [6, 6.07) is -0.326. The molecule has 0 aliphatic carbocycles. The third-order valence-corrected chi connectivity index (χ3v) is 4.75. The van der Waals surface area contributed by atoms with Crippen LogP contribution >= 0.6 is 0 Å². The number of hydrogen-bond acceptors (Lipinski definition) is 6. The predicted octanol–water partition coefficient (Wildman–Crippen LogP) is -0.388. The SMILES string of the molecule is CC(C)n1c(C(C)S(C)(=O)=O)nnc1S(N)(=O)=O. The third kappa shape index (κ3) is 2.87. The van der Waals surface area contributed by atoms with Crippen LogP contribution in [-0.4, -0.2) is 37.9 Å². The second-order valence-corrected chi connectivity index (χ2v) is 8.14. The molecule has 0 bridgehead atoms. The van der Waals surface area contributed by atoms with Gasteiger partial charge in [0, 0.05) is 12.3 Å². The summed E-state index contributed by atoms with van der Waals surface area (Å²) >= 11 is 0. The molecule has 10 heteroatoms. The maximum atomic E-state index is 11.5. The molecule has 2 N–H and O–H groups in total. The lowest BCUT2D eigenvalue weighted by Gasteiger charge is -2.15. The fraction of sp³-hybridized carbons (Fsp3) is 0.750. The van der Waals surface area contributed by atoms with Crippen molar-refractivity contribution in [3.8, 4) is 0 Å². The van der Waals surface area contributed by atoms with Crippen LogP contribution in [0, 0.1) is 0 Å². The van der Waals surface area contributed by atoms with Gasteiger partial charge < -0.3 is 0 Å². The zero-order valence-corrected chi connectivity index (χ0v) is 12.2. The highest BCUT2D eigenvalue weighted by atomic mass is 32.2. The number of nitrogens with zero attached hydrogens (tertiary/aromatic N) is 3. The van der Waals surface area contributed by atoms with Crippen molar-refractivity contribution in [1.82, 2.24) is 14.8 Å². The zero-order chi connectivity index (χ0) is 14.3. The highest BCUT2D eigenvalue weighted by Gasteiger charge is 2.29. The van der Waals surface area contributed by atoms with Crippen LogP contribution in [0.15, 0.2) is 5.16 Å². The number of hydrogen-bond donors (Lipinski definition) is 1. The molecule has 1 aromatic heterocycles. The molecule has 18 heavy (non-hydrogen) atoms. The largest absolute Gasteiger partial charge is 0.297 e. The molecule has 0 saturated heterocycles. The van der Waals surface area contributed by atoms with Gasteiger partial charge >= 0.3 is 0 Å². The van der Waals surface area contributed by atoms with Crippen molar-refractivity contribution >= 4 is 19.9 Å². The quantitative estimate of drug-likeness (QED) is 0.806. The Balaban J connectivity index is 3.55. The lowest BCUT2D eigenvalue weighted by Crippen LogP contribution is -2.22. The van der Waals surface area contributed by atoms with Crippen molar-refractivity contribution < 1.29 is 16.8 Å². The first kappa shape index (κ1) is 15.1. The van der Waals surface area contributed by atoms with E-state index in [0.717, 1.165) is 6.26 Å². The molecule has 0 saturated carbocycles. The Labute approximate surface area is 106 Å². The fourth-order valence-corrected chi connectivity index (χ4v) is 2.71. The monoisotopic (exact) mass is 296 g/mol. The zero-order valence-electron chi connectivity index (χ0n) is 10.5. The summed E-state index contributed by atoms with van der Waals surface area (Å²) in [5, 5.41) is 10.8. The van der Waals surface area contributed by atoms with Gasteiger partial charge in [-0.3, -0.25) is 4.57 Å². The van der Waals surface area contributed by atoms with Crippen LogP contribution in [0.25, 0.3) is 0 Å². The van der Waals surface area contributed by atoms with E-state index in [1.165, 1.54) is 11.5 Å². The number of aromatic nitrogens is 3. The summed E-state index contributed by atoms with van der Waals surface area (Å²) in [5.41, 5.74) is 0.